The van der Waals surface area contributed by atoms with E-state index in [1.54, 1.807) is 0 Å². The highest BCUT2D eigenvalue weighted by molar-refractivity contribution is 5.52. The van der Waals surface area contributed by atoms with Gasteiger partial charge in [0.2, 0.25) is 0 Å². The van der Waals surface area contributed by atoms with E-state index in [1.165, 1.54) is 16.8 Å². The first-order valence-corrected chi connectivity index (χ1v) is 4.55. The van der Waals surface area contributed by atoms with Crippen molar-refractivity contribution in [1.29, 1.82) is 0 Å². The van der Waals surface area contributed by atoms with Crippen molar-refractivity contribution in [3.8, 4) is 0 Å². The second kappa shape index (κ2) is 4.13. The summed E-state index contributed by atoms with van der Waals surface area (Å²) in [5, 5.41) is 3.34. The first-order chi connectivity index (χ1) is 6.09. The van der Waals surface area contributed by atoms with Crippen LogP contribution in [-0.4, -0.2) is 6.54 Å². The molecule has 0 spiro atoms. The Morgan fingerprint density at radius 3 is 2.62 bits per heavy atom. The van der Waals surface area contributed by atoms with Crippen LogP contribution in [-0.2, 0) is 0 Å². The van der Waals surface area contributed by atoms with Crippen LogP contribution >= 0.6 is 0 Å². The molecule has 0 saturated carbocycles. The SMILES string of the molecule is C=C(C)CNc1ccc(C)cc1C. The molecule has 1 aromatic carbocycles. The third kappa shape index (κ3) is 2.94. The number of hydrogen-bond donors (Lipinski definition) is 1. The Bertz CT molecular complexity index is 313. The van der Waals surface area contributed by atoms with E-state index in [2.05, 4.69) is 43.9 Å². The molecule has 0 unspecified atom stereocenters. The van der Waals surface area contributed by atoms with Crippen molar-refractivity contribution >= 4 is 5.69 Å². The maximum absolute atomic E-state index is 3.85. The van der Waals surface area contributed by atoms with Crippen LogP contribution in [0.5, 0.6) is 0 Å². The molecule has 1 nitrogen and oxygen atoms in total. The van der Waals surface area contributed by atoms with Gasteiger partial charge in [-0.25, -0.2) is 0 Å². The number of rotatable bonds is 3. The van der Waals surface area contributed by atoms with Gasteiger partial charge in [0.1, 0.15) is 0 Å². The lowest BCUT2D eigenvalue weighted by Crippen LogP contribution is -2.03. The Labute approximate surface area is 80.5 Å². The van der Waals surface area contributed by atoms with Crippen LogP contribution in [0.15, 0.2) is 30.4 Å². The minimum Gasteiger partial charge on any atom is -0.381 e. The van der Waals surface area contributed by atoms with Crippen molar-refractivity contribution in [1.82, 2.24) is 0 Å². The lowest BCUT2D eigenvalue weighted by molar-refractivity contribution is 1.20. The molecule has 1 aromatic rings. The quantitative estimate of drug-likeness (QED) is 0.695. The summed E-state index contributed by atoms with van der Waals surface area (Å²) in [7, 11) is 0. The highest BCUT2D eigenvalue weighted by atomic mass is 14.9. The fourth-order valence-electron chi connectivity index (χ4n) is 1.26. The summed E-state index contributed by atoms with van der Waals surface area (Å²) in [6.07, 6.45) is 0. The molecule has 0 bridgehead atoms. The van der Waals surface area contributed by atoms with Gasteiger partial charge in [0.05, 0.1) is 0 Å². The van der Waals surface area contributed by atoms with Crippen LogP contribution in [0.25, 0.3) is 0 Å². The van der Waals surface area contributed by atoms with Crippen molar-refractivity contribution in [3.63, 3.8) is 0 Å². The largest absolute Gasteiger partial charge is 0.381 e. The van der Waals surface area contributed by atoms with E-state index in [9.17, 15) is 0 Å². The first-order valence-electron chi connectivity index (χ1n) is 4.55. The van der Waals surface area contributed by atoms with Crippen LogP contribution in [0.3, 0.4) is 0 Å². The average Bonchev–Trinajstić information content (AvgIpc) is 2.02. The summed E-state index contributed by atoms with van der Waals surface area (Å²) in [6.45, 7) is 11.0. The molecule has 0 fully saturated rings. The monoisotopic (exact) mass is 175 g/mol. The molecule has 0 aliphatic heterocycles. The smallest absolute Gasteiger partial charge is 0.0372 e. The predicted octanol–water partition coefficient (Wildman–Crippen LogP) is 3.29. The van der Waals surface area contributed by atoms with Gasteiger partial charge in [0, 0.05) is 12.2 Å². The van der Waals surface area contributed by atoms with E-state index < -0.39 is 0 Å². The third-order valence-corrected chi connectivity index (χ3v) is 1.96. The van der Waals surface area contributed by atoms with Gasteiger partial charge in [-0.2, -0.15) is 0 Å². The van der Waals surface area contributed by atoms with Crippen molar-refractivity contribution in [3.05, 3.63) is 41.5 Å². The molecule has 0 aliphatic rings. The van der Waals surface area contributed by atoms with Gasteiger partial charge in [0.15, 0.2) is 0 Å². The molecule has 0 radical (unpaired) electrons. The van der Waals surface area contributed by atoms with Crippen molar-refractivity contribution in [2.75, 3.05) is 11.9 Å². The normalized spacial score (nSPS) is 9.77. The van der Waals surface area contributed by atoms with E-state index in [4.69, 9.17) is 0 Å². The van der Waals surface area contributed by atoms with E-state index in [1.807, 2.05) is 6.92 Å². The van der Waals surface area contributed by atoms with Crippen LogP contribution in [0.1, 0.15) is 18.1 Å². The molecule has 1 rings (SSSR count). The maximum Gasteiger partial charge on any atom is 0.0372 e. The van der Waals surface area contributed by atoms with E-state index >= 15 is 0 Å². The molecule has 0 atom stereocenters. The lowest BCUT2D eigenvalue weighted by Gasteiger charge is -2.09. The lowest BCUT2D eigenvalue weighted by atomic mass is 10.1. The van der Waals surface area contributed by atoms with Gasteiger partial charge < -0.3 is 5.32 Å². The Morgan fingerprint density at radius 2 is 2.08 bits per heavy atom. The summed E-state index contributed by atoms with van der Waals surface area (Å²) >= 11 is 0. The summed E-state index contributed by atoms with van der Waals surface area (Å²) in [6, 6.07) is 6.42. The van der Waals surface area contributed by atoms with E-state index in [-0.39, 0.29) is 0 Å². The molecular formula is C12H17N. The molecule has 0 amide bonds. The number of benzene rings is 1. The number of hydrogen-bond acceptors (Lipinski definition) is 1. The van der Waals surface area contributed by atoms with Crippen molar-refractivity contribution < 1.29 is 0 Å². The Hall–Kier alpha value is -1.24. The Balaban J connectivity index is 2.72. The zero-order valence-electron chi connectivity index (χ0n) is 8.65. The van der Waals surface area contributed by atoms with Crippen LogP contribution in [0.4, 0.5) is 5.69 Å². The first kappa shape index (κ1) is 9.85. The third-order valence-electron chi connectivity index (χ3n) is 1.96. The van der Waals surface area contributed by atoms with Gasteiger partial charge in [-0.05, 0) is 32.4 Å². The summed E-state index contributed by atoms with van der Waals surface area (Å²) in [5.41, 5.74) is 4.95. The summed E-state index contributed by atoms with van der Waals surface area (Å²) in [4.78, 5) is 0. The minimum atomic E-state index is 0.851. The second-order valence-corrected chi connectivity index (χ2v) is 3.63. The van der Waals surface area contributed by atoms with Gasteiger partial charge in [-0.1, -0.05) is 29.8 Å². The molecule has 0 aromatic heterocycles. The maximum atomic E-state index is 3.85. The average molecular weight is 175 g/mol. The fraction of sp³-hybridized carbons (Fsp3) is 0.333. The number of aryl methyl sites for hydroxylation is 2. The zero-order chi connectivity index (χ0) is 9.84. The molecule has 0 heterocycles. The molecular weight excluding hydrogens is 158 g/mol. The fourth-order valence-corrected chi connectivity index (χ4v) is 1.26. The standard InChI is InChI=1S/C12H17N/c1-9(2)8-13-12-6-5-10(3)7-11(12)4/h5-7,13H,1,8H2,2-4H3. The number of anilines is 1. The Kier molecular flexibility index (Phi) is 3.13. The molecule has 1 N–H and O–H groups in total. The second-order valence-electron chi connectivity index (χ2n) is 3.63. The van der Waals surface area contributed by atoms with Crippen LogP contribution in [0, 0.1) is 13.8 Å². The molecule has 1 heteroatoms. The van der Waals surface area contributed by atoms with Crippen molar-refractivity contribution in [2.45, 2.75) is 20.8 Å². The number of nitrogens with one attached hydrogen (secondary N) is 1. The predicted molar refractivity (Wildman–Crippen MR) is 59.2 cm³/mol. The van der Waals surface area contributed by atoms with Gasteiger partial charge in [0.25, 0.3) is 0 Å². The molecule has 70 valence electrons. The van der Waals surface area contributed by atoms with Gasteiger partial charge in [-0.15, -0.1) is 0 Å². The highest BCUT2D eigenvalue weighted by Gasteiger charge is 1.96. The molecule has 0 saturated heterocycles. The van der Waals surface area contributed by atoms with E-state index in [0.29, 0.717) is 0 Å². The zero-order valence-corrected chi connectivity index (χ0v) is 8.65. The molecule has 13 heavy (non-hydrogen) atoms. The van der Waals surface area contributed by atoms with Gasteiger partial charge >= 0.3 is 0 Å². The topological polar surface area (TPSA) is 12.0 Å². The van der Waals surface area contributed by atoms with Gasteiger partial charge in [-0.3, -0.25) is 0 Å². The van der Waals surface area contributed by atoms with E-state index in [0.717, 1.165) is 12.1 Å². The Morgan fingerprint density at radius 1 is 1.38 bits per heavy atom. The van der Waals surface area contributed by atoms with Crippen LogP contribution in [0.2, 0.25) is 0 Å². The summed E-state index contributed by atoms with van der Waals surface area (Å²) < 4.78 is 0. The molecule has 0 aliphatic carbocycles. The summed E-state index contributed by atoms with van der Waals surface area (Å²) in [5.74, 6) is 0. The van der Waals surface area contributed by atoms with Crippen LogP contribution < -0.4 is 5.32 Å². The minimum absolute atomic E-state index is 0.851. The van der Waals surface area contributed by atoms with Crippen molar-refractivity contribution in [2.24, 2.45) is 0 Å². The highest BCUT2D eigenvalue weighted by Crippen LogP contribution is 2.15.